The molecule has 0 radical (unpaired) electrons. The van der Waals surface area contributed by atoms with Gasteiger partial charge in [-0.2, -0.15) is 0 Å². The van der Waals surface area contributed by atoms with Gasteiger partial charge in [-0.3, -0.25) is 14.9 Å². The molecular formula is C21H28BrN5O. The van der Waals surface area contributed by atoms with Gasteiger partial charge in [0.05, 0.1) is 12.7 Å². The number of benzene rings is 1. The summed E-state index contributed by atoms with van der Waals surface area (Å²) < 4.78 is 6.78. The Morgan fingerprint density at radius 1 is 1.25 bits per heavy atom. The van der Waals surface area contributed by atoms with Crippen LogP contribution in [0.4, 0.5) is 0 Å². The predicted molar refractivity (Wildman–Crippen MR) is 117 cm³/mol. The number of hydrogen-bond acceptors (Lipinski definition) is 4. The van der Waals surface area contributed by atoms with Crippen molar-refractivity contribution in [2.75, 3.05) is 33.3 Å². The Labute approximate surface area is 175 Å². The van der Waals surface area contributed by atoms with Crippen molar-refractivity contribution in [1.82, 2.24) is 20.5 Å². The molecular weight excluding hydrogens is 418 g/mol. The molecule has 0 unspecified atom stereocenters. The second-order valence-corrected chi connectivity index (χ2v) is 7.77. The summed E-state index contributed by atoms with van der Waals surface area (Å²) in [6.45, 7) is 4.46. The molecule has 1 aromatic carbocycles. The summed E-state index contributed by atoms with van der Waals surface area (Å²) in [5, 5.41) is 6.85. The summed E-state index contributed by atoms with van der Waals surface area (Å²) in [5.74, 6) is 1.62. The predicted octanol–water partition coefficient (Wildman–Crippen LogP) is 3.05. The van der Waals surface area contributed by atoms with E-state index in [0.717, 1.165) is 48.7 Å². The zero-order valence-electron chi connectivity index (χ0n) is 16.3. The van der Waals surface area contributed by atoms with Crippen LogP contribution in [-0.2, 0) is 6.54 Å². The van der Waals surface area contributed by atoms with Crippen LogP contribution in [0, 0.1) is 0 Å². The fourth-order valence-corrected chi connectivity index (χ4v) is 3.51. The number of guanidine groups is 1. The number of aliphatic imine (C=N–C) groups is 1. The number of nitrogens with zero attached hydrogens (tertiary/aromatic N) is 3. The van der Waals surface area contributed by atoms with Crippen LogP contribution in [0.1, 0.15) is 18.4 Å². The maximum Gasteiger partial charge on any atom is 0.191 e. The molecule has 2 N–H and O–H groups in total. The van der Waals surface area contributed by atoms with Crippen molar-refractivity contribution in [2.24, 2.45) is 4.99 Å². The van der Waals surface area contributed by atoms with Gasteiger partial charge >= 0.3 is 0 Å². The van der Waals surface area contributed by atoms with Crippen LogP contribution in [0.5, 0.6) is 5.75 Å². The number of nitrogens with one attached hydrogen (secondary N) is 2. The summed E-state index contributed by atoms with van der Waals surface area (Å²) in [6.07, 6.45) is 5.68. The molecule has 28 heavy (non-hydrogen) atoms. The minimum absolute atomic E-state index is 0.451. The molecule has 150 valence electrons. The largest absolute Gasteiger partial charge is 0.490 e. The fraction of sp³-hybridized carbons (Fsp3) is 0.429. The van der Waals surface area contributed by atoms with Crippen LogP contribution in [-0.4, -0.2) is 55.2 Å². The van der Waals surface area contributed by atoms with Gasteiger partial charge in [0.1, 0.15) is 12.4 Å². The molecule has 0 spiro atoms. The second kappa shape index (κ2) is 11.0. The van der Waals surface area contributed by atoms with E-state index < -0.39 is 0 Å². The van der Waals surface area contributed by atoms with Crippen LogP contribution in [0.25, 0.3) is 0 Å². The van der Waals surface area contributed by atoms with E-state index in [2.05, 4.69) is 65.7 Å². The lowest BCUT2D eigenvalue weighted by Crippen LogP contribution is -2.49. The van der Waals surface area contributed by atoms with Crippen molar-refractivity contribution in [3.63, 3.8) is 0 Å². The first-order valence-electron chi connectivity index (χ1n) is 9.70. The molecule has 0 saturated carbocycles. The van der Waals surface area contributed by atoms with E-state index in [4.69, 9.17) is 4.74 Å². The Morgan fingerprint density at radius 2 is 2.04 bits per heavy atom. The van der Waals surface area contributed by atoms with E-state index in [1.165, 1.54) is 5.56 Å². The molecule has 0 atom stereocenters. The Balaban J connectivity index is 1.34. The maximum absolute atomic E-state index is 5.65. The van der Waals surface area contributed by atoms with Gasteiger partial charge in [0.2, 0.25) is 0 Å². The first-order chi connectivity index (χ1) is 13.7. The SMILES string of the molecule is CN=C(NCCOc1cccnc1)NC1CCN(Cc2ccc(Br)cc2)CC1. The summed E-state index contributed by atoms with van der Waals surface area (Å²) in [4.78, 5) is 10.9. The van der Waals surface area contributed by atoms with Gasteiger partial charge in [0.15, 0.2) is 5.96 Å². The number of aromatic nitrogens is 1. The summed E-state index contributed by atoms with van der Waals surface area (Å²) in [5.41, 5.74) is 1.36. The third-order valence-electron chi connectivity index (χ3n) is 4.77. The normalized spacial score (nSPS) is 16.0. The molecule has 0 aliphatic carbocycles. The van der Waals surface area contributed by atoms with Crippen LogP contribution in [0.15, 0.2) is 58.3 Å². The number of halogens is 1. The fourth-order valence-electron chi connectivity index (χ4n) is 3.24. The van der Waals surface area contributed by atoms with E-state index in [1.807, 2.05) is 12.1 Å². The molecule has 1 aliphatic rings. The van der Waals surface area contributed by atoms with Crippen molar-refractivity contribution in [3.8, 4) is 5.75 Å². The van der Waals surface area contributed by atoms with E-state index in [-0.39, 0.29) is 0 Å². The first kappa shape index (κ1) is 20.6. The van der Waals surface area contributed by atoms with Gasteiger partial charge in [-0.25, -0.2) is 0 Å². The van der Waals surface area contributed by atoms with E-state index >= 15 is 0 Å². The van der Waals surface area contributed by atoms with Gasteiger partial charge in [-0.1, -0.05) is 28.1 Å². The van der Waals surface area contributed by atoms with Crippen molar-refractivity contribution < 1.29 is 4.74 Å². The Bertz CT molecular complexity index is 730. The number of rotatable bonds is 7. The Kier molecular flexibility index (Phi) is 8.11. The average Bonchev–Trinajstić information content (AvgIpc) is 2.74. The molecule has 3 rings (SSSR count). The highest BCUT2D eigenvalue weighted by molar-refractivity contribution is 9.10. The quantitative estimate of drug-likeness (QED) is 0.389. The molecule has 0 bridgehead atoms. The van der Waals surface area contributed by atoms with Gasteiger partial charge in [-0.15, -0.1) is 0 Å². The molecule has 1 aliphatic heterocycles. The van der Waals surface area contributed by atoms with Crippen molar-refractivity contribution in [3.05, 3.63) is 58.8 Å². The lowest BCUT2D eigenvalue weighted by molar-refractivity contribution is 0.198. The van der Waals surface area contributed by atoms with Crippen LogP contribution in [0.2, 0.25) is 0 Å². The van der Waals surface area contributed by atoms with Gasteiger partial charge in [-0.05, 0) is 42.7 Å². The zero-order valence-corrected chi connectivity index (χ0v) is 17.9. The van der Waals surface area contributed by atoms with Crippen LogP contribution >= 0.6 is 15.9 Å². The van der Waals surface area contributed by atoms with Crippen LogP contribution < -0.4 is 15.4 Å². The van der Waals surface area contributed by atoms with Crippen molar-refractivity contribution >= 4 is 21.9 Å². The van der Waals surface area contributed by atoms with Gasteiger partial charge in [0.25, 0.3) is 0 Å². The minimum Gasteiger partial charge on any atom is -0.490 e. The van der Waals surface area contributed by atoms with Gasteiger partial charge in [0, 0.05) is 43.4 Å². The molecule has 2 aromatic rings. The maximum atomic E-state index is 5.65. The molecule has 7 heteroatoms. The molecule has 0 amide bonds. The third-order valence-corrected chi connectivity index (χ3v) is 5.30. The Morgan fingerprint density at radius 3 is 2.71 bits per heavy atom. The molecule has 1 aromatic heterocycles. The molecule has 1 saturated heterocycles. The second-order valence-electron chi connectivity index (χ2n) is 6.86. The highest BCUT2D eigenvalue weighted by Gasteiger charge is 2.20. The topological polar surface area (TPSA) is 61.8 Å². The third kappa shape index (κ3) is 6.80. The standard InChI is InChI=1S/C21H28BrN5O/c1-23-21(25-11-14-28-20-3-2-10-24-15-20)26-19-8-12-27(13-9-19)16-17-4-6-18(22)7-5-17/h2-7,10,15,19H,8-9,11-14,16H2,1H3,(H2,23,25,26). The smallest absolute Gasteiger partial charge is 0.191 e. The summed E-state index contributed by atoms with van der Waals surface area (Å²) in [7, 11) is 1.81. The highest BCUT2D eigenvalue weighted by atomic mass is 79.9. The average molecular weight is 446 g/mol. The van der Waals surface area contributed by atoms with Crippen molar-refractivity contribution in [1.29, 1.82) is 0 Å². The summed E-state index contributed by atoms with van der Waals surface area (Å²) in [6, 6.07) is 12.8. The monoisotopic (exact) mass is 445 g/mol. The molecule has 6 nitrogen and oxygen atoms in total. The lowest BCUT2D eigenvalue weighted by atomic mass is 10.0. The number of piperidine rings is 1. The number of likely N-dealkylation sites (tertiary alicyclic amines) is 1. The van der Waals surface area contributed by atoms with Gasteiger partial charge < -0.3 is 15.4 Å². The van der Waals surface area contributed by atoms with E-state index in [0.29, 0.717) is 19.2 Å². The molecule has 1 fully saturated rings. The minimum atomic E-state index is 0.451. The van der Waals surface area contributed by atoms with Crippen molar-refractivity contribution in [2.45, 2.75) is 25.4 Å². The number of hydrogen-bond donors (Lipinski definition) is 2. The Hall–Kier alpha value is -2.12. The molecule has 2 heterocycles. The number of pyridine rings is 1. The van der Waals surface area contributed by atoms with E-state index in [9.17, 15) is 0 Å². The first-order valence-corrected chi connectivity index (χ1v) is 10.5. The van der Waals surface area contributed by atoms with Crippen LogP contribution in [0.3, 0.4) is 0 Å². The number of ether oxygens (including phenoxy) is 1. The lowest BCUT2D eigenvalue weighted by Gasteiger charge is -2.33. The highest BCUT2D eigenvalue weighted by Crippen LogP contribution is 2.16. The summed E-state index contributed by atoms with van der Waals surface area (Å²) >= 11 is 3.49. The van der Waals surface area contributed by atoms with E-state index in [1.54, 1.807) is 19.4 Å². The zero-order chi connectivity index (χ0) is 19.6.